The first-order valence-electron chi connectivity index (χ1n) is 12.3. The molecular formula is C26H27Cl2N5O4. The number of fused-ring (bicyclic) bond motifs is 1. The summed E-state index contributed by atoms with van der Waals surface area (Å²) < 4.78 is 5.34. The monoisotopic (exact) mass is 543 g/mol. The van der Waals surface area contributed by atoms with Gasteiger partial charge in [-0.15, -0.1) is 0 Å². The zero-order chi connectivity index (χ0) is 25.9. The molecule has 1 aliphatic heterocycles. The molecule has 1 saturated heterocycles. The highest BCUT2D eigenvalue weighted by molar-refractivity contribution is 6.42. The summed E-state index contributed by atoms with van der Waals surface area (Å²) in [5.74, 6) is -0.399. The molecule has 0 unspecified atom stereocenters. The van der Waals surface area contributed by atoms with E-state index in [2.05, 4.69) is 25.5 Å². The van der Waals surface area contributed by atoms with E-state index in [0.29, 0.717) is 28.8 Å². The van der Waals surface area contributed by atoms with E-state index in [1.165, 1.54) is 18.3 Å². The van der Waals surface area contributed by atoms with Crippen LogP contribution in [0.2, 0.25) is 10.0 Å². The predicted octanol–water partition coefficient (Wildman–Crippen LogP) is 3.90. The number of nitrogens with one attached hydrogen (secondary N) is 3. The summed E-state index contributed by atoms with van der Waals surface area (Å²) in [5, 5.41) is 6.46. The summed E-state index contributed by atoms with van der Waals surface area (Å²) in [6, 6.07) is 4.59. The SMILES string of the molecule is O=C(NCCCN1CCOCC1)c1cc(Cl)c(C(=O)c2c[nH]c3c(NC(=O)C4CC4)nccc23)c(Cl)c1. The normalized spacial score (nSPS) is 16.1. The summed E-state index contributed by atoms with van der Waals surface area (Å²) in [6.07, 6.45) is 5.63. The van der Waals surface area contributed by atoms with Crippen LogP contribution in [0.3, 0.4) is 0 Å². The van der Waals surface area contributed by atoms with Crippen LogP contribution < -0.4 is 10.6 Å². The van der Waals surface area contributed by atoms with Crippen LogP contribution in [0.5, 0.6) is 0 Å². The third-order valence-corrected chi connectivity index (χ3v) is 7.20. The van der Waals surface area contributed by atoms with Crippen molar-refractivity contribution in [3.05, 3.63) is 57.3 Å². The van der Waals surface area contributed by atoms with Gasteiger partial charge in [-0.25, -0.2) is 4.98 Å². The number of carbonyl (C=O) groups is 3. The summed E-state index contributed by atoms with van der Waals surface area (Å²) >= 11 is 12.9. The number of carbonyl (C=O) groups excluding carboxylic acids is 3. The van der Waals surface area contributed by atoms with E-state index in [1.54, 1.807) is 12.3 Å². The van der Waals surface area contributed by atoms with Gasteiger partial charge >= 0.3 is 0 Å². The number of hydrogen-bond acceptors (Lipinski definition) is 6. The van der Waals surface area contributed by atoms with Gasteiger partial charge in [-0.05, 0) is 44.0 Å². The Morgan fingerprint density at radius 1 is 1.14 bits per heavy atom. The van der Waals surface area contributed by atoms with Crippen molar-refractivity contribution < 1.29 is 19.1 Å². The average molecular weight is 544 g/mol. The van der Waals surface area contributed by atoms with E-state index in [0.717, 1.165) is 52.1 Å². The van der Waals surface area contributed by atoms with Crippen LogP contribution in [0.15, 0.2) is 30.6 Å². The number of ketones is 1. The molecule has 37 heavy (non-hydrogen) atoms. The Morgan fingerprint density at radius 3 is 2.57 bits per heavy atom. The van der Waals surface area contributed by atoms with Crippen LogP contribution in [0.4, 0.5) is 5.82 Å². The Hall–Kier alpha value is -2.98. The van der Waals surface area contributed by atoms with Gasteiger partial charge in [0.1, 0.15) is 0 Å². The molecule has 0 spiro atoms. The van der Waals surface area contributed by atoms with Gasteiger partial charge in [-0.3, -0.25) is 19.3 Å². The van der Waals surface area contributed by atoms with E-state index in [9.17, 15) is 14.4 Å². The fourth-order valence-electron chi connectivity index (χ4n) is 4.39. The number of amides is 2. The molecule has 5 rings (SSSR count). The fourth-order valence-corrected chi connectivity index (χ4v) is 5.05. The number of pyridine rings is 1. The Morgan fingerprint density at radius 2 is 1.86 bits per heavy atom. The van der Waals surface area contributed by atoms with Crippen molar-refractivity contribution in [2.75, 3.05) is 44.7 Å². The van der Waals surface area contributed by atoms with Gasteiger partial charge in [0, 0.05) is 54.5 Å². The third-order valence-electron chi connectivity index (χ3n) is 6.61. The number of aromatic amines is 1. The van der Waals surface area contributed by atoms with Crippen LogP contribution in [-0.4, -0.2) is 71.9 Å². The topological polar surface area (TPSA) is 116 Å². The Labute approximate surface area is 223 Å². The van der Waals surface area contributed by atoms with Crippen LogP contribution in [0.25, 0.3) is 10.9 Å². The van der Waals surface area contributed by atoms with Gasteiger partial charge in [-0.2, -0.15) is 0 Å². The van der Waals surface area contributed by atoms with Crippen LogP contribution >= 0.6 is 23.2 Å². The minimum absolute atomic E-state index is 0.0196. The molecule has 1 saturated carbocycles. The first-order chi connectivity index (χ1) is 17.9. The van der Waals surface area contributed by atoms with Gasteiger partial charge in [0.15, 0.2) is 11.6 Å². The quantitative estimate of drug-likeness (QED) is 0.278. The Bertz CT molecular complexity index is 1320. The van der Waals surface area contributed by atoms with Crippen molar-refractivity contribution in [1.29, 1.82) is 0 Å². The first-order valence-corrected chi connectivity index (χ1v) is 13.1. The maximum atomic E-state index is 13.4. The second-order valence-corrected chi connectivity index (χ2v) is 10.1. The first kappa shape index (κ1) is 25.7. The highest BCUT2D eigenvalue weighted by Crippen LogP contribution is 2.34. The lowest BCUT2D eigenvalue weighted by molar-refractivity contribution is -0.117. The minimum Gasteiger partial charge on any atom is -0.379 e. The zero-order valence-corrected chi connectivity index (χ0v) is 21.6. The molecule has 3 aromatic rings. The number of ether oxygens (including phenoxy) is 1. The van der Waals surface area contributed by atoms with Gasteiger partial charge in [0.2, 0.25) is 5.91 Å². The van der Waals surface area contributed by atoms with Gasteiger partial charge in [0.25, 0.3) is 5.91 Å². The predicted molar refractivity (Wildman–Crippen MR) is 142 cm³/mol. The molecule has 194 valence electrons. The molecule has 0 bridgehead atoms. The summed E-state index contributed by atoms with van der Waals surface area (Å²) in [5.41, 5.74) is 1.27. The van der Waals surface area contributed by atoms with Gasteiger partial charge in [-0.1, -0.05) is 23.2 Å². The lowest BCUT2D eigenvalue weighted by Crippen LogP contribution is -2.38. The van der Waals surface area contributed by atoms with Crippen molar-refractivity contribution in [2.24, 2.45) is 5.92 Å². The number of benzene rings is 1. The number of anilines is 1. The number of nitrogens with zero attached hydrogens (tertiary/aromatic N) is 2. The number of morpholine rings is 1. The number of aromatic nitrogens is 2. The van der Waals surface area contributed by atoms with Crippen molar-refractivity contribution in [1.82, 2.24) is 20.2 Å². The van der Waals surface area contributed by atoms with Gasteiger partial charge in [0.05, 0.1) is 34.3 Å². The lowest BCUT2D eigenvalue weighted by atomic mass is 10.0. The molecule has 2 aromatic heterocycles. The van der Waals surface area contributed by atoms with E-state index < -0.39 is 5.78 Å². The highest BCUT2D eigenvalue weighted by atomic mass is 35.5. The molecule has 11 heteroatoms. The number of hydrogen-bond donors (Lipinski definition) is 3. The molecule has 2 fully saturated rings. The molecule has 0 radical (unpaired) electrons. The number of H-pyrrole nitrogens is 1. The largest absolute Gasteiger partial charge is 0.379 e. The Kier molecular flexibility index (Phi) is 7.76. The molecule has 1 aromatic carbocycles. The van der Waals surface area contributed by atoms with Crippen molar-refractivity contribution >= 4 is 57.5 Å². The maximum absolute atomic E-state index is 13.4. The van der Waals surface area contributed by atoms with Crippen molar-refractivity contribution in [3.8, 4) is 0 Å². The second kappa shape index (κ2) is 11.2. The Balaban J connectivity index is 1.28. The van der Waals surface area contributed by atoms with E-state index in [-0.39, 0.29) is 38.9 Å². The van der Waals surface area contributed by atoms with Crippen molar-refractivity contribution in [3.63, 3.8) is 0 Å². The van der Waals surface area contributed by atoms with Crippen LogP contribution in [0, 0.1) is 5.92 Å². The highest BCUT2D eigenvalue weighted by Gasteiger charge is 2.30. The lowest BCUT2D eigenvalue weighted by Gasteiger charge is -2.26. The third kappa shape index (κ3) is 5.80. The van der Waals surface area contributed by atoms with E-state index in [1.807, 2.05) is 0 Å². The van der Waals surface area contributed by atoms with Gasteiger partial charge < -0.3 is 20.4 Å². The molecule has 3 heterocycles. The fraction of sp³-hybridized carbons (Fsp3) is 0.385. The molecular weight excluding hydrogens is 517 g/mol. The maximum Gasteiger partial charge on any atom is 0.251 e. The number of halogens is 2. The van der Waals surface area contributed by atoms with Crippen molar-refractivity contribution in [2.45, 2.75) is 19.3 Å². The second-order valence-electron chi connectivity index (χ2n) is 9.26. The van der Waals surface area contributed by atoms with E-state index >= 15 is 0 Å². The smallest absolute Gasteiger partial charge is 0.251 e. The molecule has 2 aliphatic rings. The summed E-state index contributed by atoms with van der Waals surface area (Å²) in [4.78, 5) is 47.9. The zero-order valence-electron chi connectivity index (χ0n) is 20.1. The molecule has 9 nitrogen and oxygen atoms in total. The van der Waals surface area contributed by atoms with Crippen LogP contribution in [0.1, 0.15) is 45.5 Å². The minimum atomic E-state index is -0.399. The average Bonchev–Trinajstić information content (AvgIpc) is 3.65. The van der Waals surface area contributed by atoms with Crippen LogP contribution in [-0.2, 0) is 9.53 Å². The molecule has 3 N–H and O–H groups in total. The standard InChI is InChI=1S/C26H27Cl2N5O4/c27-19-12-16(25(35)30-5-1-7-33-8-10-37-11-9-33)13-20(28)21(19)23(34)18-14-31-22-17(18)4-6-29-24(22)32-26(36)15-2-3-15/h4,6,12-15,31H,1-3,5,7-11H2,(H,30,35)(H,29,32,36). The van der Waals surface area contributed by atoms with E-state index in [4.69, 9.17) is 27.9 Å². The summed E-state index contributed by atoms with van der Waals surface area (Å²) in [7, 11) is 0. The molecule has 1 aliphatic carbocycles. The summed E-state index contributed by atoms with van der Waals surface area (Å²) in [6.45, 7) is 4.67. The number of rotatable bonds is 9. The molecule has 2 amide bonds. The molecule has 0 atom stereocenters.